The lowest BCUT2D eigenvalue weighted by atomic mass is 9.96. The van der Waals surface area contributed by atoms with E-state index in [2.05, 4.69) is 23.7 Å². The number of aromatic hydroxyl groups is 1. The van der Waals surface area contributed by atoms with E-state index >= 15 is 0 Å². The summed E-state index contributed by atoms with van der Waals surface area (Å²) in [6.45, 7) is 9.39. The Kier molecular flexibility index (Phi) is 7.66. The molecule has 1 N–H and O–H groups in total. The number of ether oxygens (including phenoxy) is 1. The Balaban J connectivity index is 1.90. The predicted octanol–water partition coefficient (Wildman–Crippen LogP) is 4.00. The molecule has 0 saturated heterocycles. The molecule has 1 atom stereocenters. The first-order valence-corrected chi connectivity index (χ1v) is 13.0. The Bertz CT molecular complexity index is 1520. The molecule has 2 heterocycles. The fourth-order valence-electron chi connectivity index (χ4n) is 4.36. The number of aromatic nitrogens is 1. The molecular formula is C27H28ClN3O4S. The number of thiazole rings is 1. The fraction of sp³-hybridized carbons (Fsp3) is 0.296. The maximum absolute atomic E-state index is 13.7. The van der Waals surface area contributed by atoms with E-state index in [0.717, 1.165) is 18.8 Å². The summed E-state index contributed by atoms with van der Waals surface area (Å²) >= 11 is 7.73. The molecule has 0 bridgehead atoms. The van der Waals surface area contributed by atoms with Gasteiger partial charge in [0.25, 0.3) is 5.56 Å². The molecule has 188 valence electrons. The first-order chi connectivity index (χ1) is 17.3. The molecule has 0 amide bonds. The van der Waals surface area contributed by atoms with Gasteiger partial charge in [0, 0.05) is 35.4 Å². The molecule has 1 aliphatic rings. The zero-order valence-corrected chi connectivity index (χ0v) is 22.2. The lowest BCUT2D eigenvalue weighted by molar-refractivity contribution is -0.139. The van der Waals surface area contributed by atoms with E-state index < -0.39 is 12.0 Å². The summed E-state index contributed by atoms with van der Waals surface area (Å²) < 4.78 is 7.18. The monoisotopic (exact) mass is 525 g/mol. The highest BCUT2D eigenvalue weighted by atomic mass is 35.5. The van der Waals surface area contributed by atoms with E-state index in [4.69, 9.17) is 16.3 Å². The highest BCUT2D eigenvalue weighted by Gasteiger charge is 2.34. The fourth-order valence-corrected chi connectivity index (χ4v) is 5.64. The normalized spacial score (nSPS) is 15.5. The minimum Gasteiger partial charge on any atom is -0.507 e. The van der Waals surface area contributed by atoms with Crippen LogP contribution >= 0.6 is 22.9 Å². The maximum atomic E-state index is 13.7. The molecule has 3 aromatic rings. The summed E-state index contributed by atoms with van der Waals surface area (Å²) in [5, 5.41) is 11.1. The highest BCUT2D eigenvalue weighted by molar-refractivity contribution is 7.07. The van der Waals surface area contributed by atoms with Crippen molar-refractivity contribution in [2.24, 2.45) is 4.99 Å². The number of nitrogens with zero attached hydrogens (tertiary/aromatic N) is 3. The van der Waals surface area contributed by atoms with Gasteiger partial charge in [0.2, 0.25) is 0 Å². The summed E-state index contributed by atoms with van der Waals surface area (Å²) in [7, 11) is 0. The molecule has 0 aliphatic carbocycles. The number of hydrogen-bond donors (Lipinski definition) is 1. The van der Waals surface area contributed by atoms with E-state index in [0.29, 0.717) is 31.2 Å². The van der Waals surface area contributed by atoms with Crippen molar-refractivity contribution >= 4 is 40.7 Å². The molecule has 36 heavy (non-hydrogen) atoms. The number of halogens is 1. The van der Waals surface area contributed by atoms with Gasteiger partial charge < -0.3 is 14.7 Å². The summed E-state index contributed by atoms with van der Waals surface area (Å²) in [6, 6.07) is 11.7. The van der Waals surface area contributed by atoms with E-state index in [1.165, 1.54) is 15.9 Å². The minimum atomic E-state index is -0.783. The van der Waals surface area contributed by atoms with Crippen molar-refractivity contribution in [1.29, 1.82) is 0 Å². The van der Waals surface area contributed by atoms with E-state index in [1.54, 1.807) is 50.3 Å². The zero-order chi connectivity index (χ0) is 26.0. The first-order valence-electron chi connectivity index (χ1n) is 11.8. The van der Waals surface area contributed by atoms with Crippen molar-refractivity contribution < 1.29 is 14.6 Å². The van der Waals surface area contributed by atoms with E-state index in [1.807, 2.05) is 12.1 Å². The second-order valence-corrected chi connectivity index (χ2v) is 9.66. The molecule has 9 heteroatoms. The van der Waals surface area contributed by atoms with Gasteiger partial charge in [-0.25, -0.2) is 9.79 Å². The predicted molar refractivity (Wildman–Crippen MR) is 144 cm³/mol. The van der Waals surface area contributed by atoms with Crippen LogP contribution in [0, 0.1) is 0 Å². The highest BCUT2D eigenvalue weighted by Crippen LogP contribution is 2.34. The Labute approximate surface area is 218 Å². The molecule has 0 unspecified atom stereocenters. The van der Waals surface area contributed by atoms with Crippen LogP contribution in [0.15, 0.2) is 63.5 Å². The van der Waals surface area contributed by atoms with Crippen molar-refractivity contribution in [3.63, 3.8) is 0 Å². The molecule has 2 aromatic carbocycles. The largest absolute Gasteiger partial charge is 0.507 e. The second-order valence-electron chi connectivity index (χ2n) is 8.24. The summed E-state index contributed by atoms with van der Waals surface area (Å²) in [5.41, 5.74) is 2.45. The molecule has 1 aliphatic heterocycles. The maximum Gasteiger partial charge on any atom is 0.338 e. The summed E-state index contributed by atoms with van der Waals surface area (Å²) in [5.74, 6) is -0.459. The number of benzene rings is 2. The van der Waals surface area contributed by atoms with Crippen molar-refractivity contribution in [3.05, 3.63) is 89.6 Å². The Hall–Kier alpha value is -3.36. The van der Waals surface area contributed by atoms with Gasteiger partial charge in [-0.15, -0.1) is 0 Å². The third-order valence-corrected chi connectivity index (χ3v) is 7.47. The molecule has 0 fully saturated rings. The first kappa shape index (κ1) is 25.7. The van der Waals surface area contributed by atoms with Crippen LogP contribution in [-0.2, 0) is 9.53 Å². The third kappa shape index (κ3) is 4.70. The van der Waals surface area contributed by atoms with Crippen LogP contribution in [0.3, 0.4) is 0 Å². The van der Waals surface area contributed by atoms with Gasteiger partial charge in [-0.3, -0.25) is 9.36 Å². The number of carbonyl (C=O) groups is 1. The van der Waals surface area contributed by atoms with E-state index in [9.17, 15) is 14.7 Å². The van der Waals surface area contributed by atoms with Crippen LogP contribution in [0.1, 0.15) is 44.9 Å². The molecule has 0 saturated carbocycles. The van der Waals surface area contributed by atoms with Gasteiger partial charge in [0.05, 0.1) is 22.4 Å². The molecule has 0 radical (unpaired) electrons. The van der Waals surface area contributed by atoms with Gasteiger partial charge >= 0.3 is 5.97 Å². The Morgan fingerprint density at radius 3 is 2.58 bits per heavy atom. The smallest absolute Gasteiger partial charge is 0.338 e. The number of allylic oxidation sites excluding steroid dienone is 1. The van der Waals surface area contributed by atoms with Crippen LogP contribution < -0.4 is 19.8 Å². The molecular weight excluding hydrogens is 498 g/mol. The summed E-state index contributed by atoms with van der Waals surface area (Å²) in [4.78, 5) is 33.8. The molecule has 0 spiro atoms. The van der Waals surface area contributed by atoms with Gasteiger partial charge in [-0.1, -0.05) is 41.1 Å². The van der Waals surface area contributed by atoms with Crippen LogP contribution in [0.25, 0.3) is 6.08 Å². The van der Waals surface area contributed by atoms with Crippen LogP contribution in [0.2, 0.25) is 5.02 Å². The SMILES string of the molecule is CCOC(=O)C1=C(C)N=c2sc(=Cc3ccc(N(CC)CC)cc3O)c(=O)n2[C@H]1c1ccccc1Cl. The molecule has 1 aromatic heterocycles. The molecule has 7 nitrogen and oxygen atoms in total. The Morgan fingerprint density at radius 1 is 1.22 bits per heavy atom. The minimum absolute atomic E-state index is 0.0799. The van der Waals surface area contributed by atoms with Crippen molar-refractivity contribution in [1.82, 2.24) is 4.57 Å². The number of rotatable bonds is 7. The number of phenols is 1. The molecule has 4 rings (SSSR count). The van der Waals surface area contributed by atoms with Crippen molar-refractivity contribution in [3.8, 4) is 5.75 Å². The number of fused-ring (bicyclic) bond motifs is 1. The number of phenolic OH excluding ortho intramolecular Hbond substituents is 1. The number of carbonyl (C=O) groups excluding carboxylic acids is 1. The third-order valence-electron chi connectivity index (χ3n) is 6.15. The van der Waals surface area contributed by atoms with E-state index in [-0.39, 0.29) is 23.5 Å². The lowest BCUT2D eigenvalue weighted by Crippen LogP contribution is -2.40. The summed E-state index contributed by atoms with van der Waals surface area (Å²) in [6.07, 6.45) is 1.65. The number of esters is 1. The average molecular weight is 526 g/mol. The van der Waals surface area contributed by atoms with Crippen LogP contribution in [-0.4, -0.2) is 35.3 Å². The number of anilines is 1. The van der Waals surface area contributed by atoms with Crippen molar-refractivity contribution in [2.45, 2.75) is 33.7 Å². The topological polar surface area (TPSA) is 84.1 Å². The number of hydrogen-bond acceptors (Lipinski definition) is 7. The quantitative estimate of drug-likeness (QED) is 0.471. The standard InChI is InChI=1S/C27H28ClN3O4S/c1-5-30(6-2)18-13-12-17(21(32)15-18)14-22-25(33)31-24(19-10-8-9-11-20(19)28)23(26(34)35-7-3)16(4)29-27(31)36-22/h8-15,24,32H,5-7H2,1-4H3/t24-/m0/s1. The zero-order valence-electron chi connectivity index (χ0n) is 20.6. The van der Waals surface area contributed by atoms with Crippen LogP contribution in [0.4, 0.5) is 5.69 Å². The lowest BCUT2D eigenvalue weighted by Gasteiger charge is -2.25. The van der Waals surface area contributed by atoms with Crippen molar-refractivity contribution in [2.75, 3.05) is 24.6 Å². The van der Waals surface area contributed by atoms with Gasteiger partial charge in [0.15, 0.2) is 4.80 Å². The second kappa shape index (κ2) is 10.7. The van der Waals surface area contributed by atoms with Crippen LogP contribution in [0.5, 0.6) is 5.75 Å². The van der Waals surface area contributed by atoms with Gasteiger partial charge in [0.1, 0.15) is 11.8 Å². The van der Waals surface area contributed by atoms with Gasteiger partial charge in [-0.2, -0.15) is 0 Å². The van der Waals surface area contributed by atoms with Gasteiger partial charge in [-0.05, 0) is 57.5 Å². The average Bonchev–Trinajstić information content (AvgIpc) is 3.15. The Morgan fingerprint density at radius 2 is 1.94 bits per heavy atom.